The first-order valence-corrected chi connectivity index (χ1v) is 5.03. The first-order chi connectivity index (χ1) is 8.23. The number of halogens is 4. The number of hydrogen-bond donors (Lipinski definition) is 2. The monoisotopic (exact) mass is 264 g/mol. The molecular formula is C11H12F4N2O. The minimum Gasteiger partial charge on any atom is -0.384 e. The fourth-order valence-electron chi connectivity index (χ4n) is 1.21. The van der Waals surface area contributed by atoms with Gasteiger partial charge < -0.3 is 10.5 Å². The van der Waals surface area contributed by atoms with Crippen LogP contribution in [0.3, 0.4) is 0 Å². The minimum atomic E-state index is -4.49. The van der Waals surface area contributed by atoms with Crippen LogP contribution in [0.2, 0.25) is 0 Å². The highest BCUT2D eigenvalue weighted by molar-refractivity contribution is 5.95. The Hall–Kier alpha value is -1.63. The zero-order valence-electron chi connectivity index (χ0n) is 9.51. The van der Waals surface area contributed by atoms with E-state index in [2.05, 4.69) is 4.74 Å². The van der Waals surface area contributed by atoms with Gasteiger partial charge in [0.05, 0.1) is 12.2 Å². The van der Waals surface area contributed by atoms with E-state index in [9.17, 15) is 17.6 Å². The molecule has 1 aromatic rings. The Morgan fingerprint density at radius 3 is 2.56 bits per heavy atom. The average Bonchev–Trinajstić information content (AvgIpc) is 2.25. The van der Waals surface area contributed by atoms with Gasteiger partial charge in [0.1, 0.15) is 11.7 Å². The van der Waals surface area contributed by atoms with Gasteiger partial charge in [-0.2, -0.15) is 13.2 Å². The van der Waals surface area contributed by atoms with Gasteiger partial charge in [-0.1, -0.05) is 12.1 Å². The first kappa shape index (κ1) is 14.4. The normalized spacial score (nSPS) is 13.4. The second-order valence-electron chi connectivity index (χ2n) is 3.69. The van der Waals surface area contributed by atoms with Crippen molar-refractivity contribution in [3.63, 3.8) is 0 Å². The van der Waals surface area contributed by atoms with Gasteiger partial charge in [-0.15, -0.1) is 0 Å². The van der Waals surface area contributed by atoms with E-state index in [1.807, 2.05) is 0 Å². The van der Waals surface area contributed by atoms with E-state index in [-0.39, 0.29) is 11.1 Å². The van der Waals surface area contributed by atoms with Crippen molar-refractivity contribution in [2.75, 3.05) is 0 Å². The Morgan fingerprint density at radius 1 is 1.44 bits per heavy atom. The number of nitrogen functional groups attached to an aromatic ring is 1. The maximum atomic E-state index is 13.7. The number of amidine groups is 1. The number of hydrogen-bond acceptors (Lipinski definition) is 2. The summed E-state index contributed by atoms with van der Waals surface area (Å²) < 4.78 is 54.8. The molecule has 3 nitrogen and oxygen atoms in total. The summed E-state index contributed by atoms with van der Waals surface area (Å²) in [6.45, 7) is 0.306. The third-order valence-electron chi connectivity index (χ3n) is 2.32. The Balaban J connectivity index is 2.81. The molecule has 0 spiro atoms. The standard InChI is InChI=1S/C11H12F4N2O/c1-6(11(13,14)15)18-5-7-3-2-4-8(9(7)12)10(16)17/h2-4,6H,5H2,1H3,(H3,16,17). The summed E-state index contributed by atoms with van der Waals surface area (Å²) in [5.41, 5.74) is 4.90. The second-order valence-corrected chi connectivity index (χ2v) is 3.69. The van der Waals surface area contributed by atoms with Crippen LogP contribution in [0.25, 0.3) is 0 Å². The van der Waals surface area contributed by atoms with Crippen molar-refractivity contribution >= 4 is 5.84 Å². The van der Waals surface area contributed by atoms with Crippen molar-refractivity contribution in [1.29, 1.82) is 5.41 Å². The first-order valence-electron chi connectivity index (χ1n) is 5.03. The molecule has 100 valence electrons. The molecule has 1 rings (SSSR count). The van der Waals surface area contributed by atoms with Crippen LogP contribution in [0.4, 0.5) is 17.6 Å². The van der Waals surface area contributed by atoms with Crippen LogP contribution in [0.5, 0.6) is 0 Å². The molecule has 3 N–H and O–H groups in total. The Labute approximate surface area is 101 Å². The van der Waals surface area contributed by atoms with Gasteiger partial charge in [-0.05, 0) is 13.0 Å². The topological polar surface area (TPSA) is 59.1 Å². The van der Waals surface area contributed by atoms with Crippen LogP contribution in [-0.4, -0.2) is 18.1 Å². The number of benzene rings is 1. The summed E-state index contributed by atoms with van der Waals surface area (Å²) in [6, 6.07) is 3.95. The van der Waals surface area contributed by atoms with E-state index in [4.69, 9.17) is 11.1 Å². The quantitative estimate of drug-likeness (QED) is 0.499. The predicted octanol–water partition coefficient (Wildman–Crippen LogP) is 2.58. The minimum absolute atomic E-state index is 0.0706. The molecule has 0 aliphatic carbocycles. The fourth-order valence-corrected chi connectivity index (χ4v) is 1.21. The maximum absolute atomic E-state index is 13.7. The summed E-state index contributed by atoms with van der Waals surface area (Å²) >= 11 is 0. The number of nitrogens with one attached hydrogen (secondary N) is 1. The highest BCUT2D eigenvalue weighted by Gasteiger charge is 2.37. The van der Waals surface area contributed by atoms with E-state index < -0.39 is 30.5 Å². The number of alkyl halides is 3. The highest BCUT2D eigenvalue weighted by atomic mass is 19.4. The summed E-state index contributed by atoms with van der Waals surface area (Å²) in [6.07, 6.45) is -6.48. The van der Waals surface area contributed by atoms with Gasteiger partial charge in [-0.25, -0.2) is 4.39 Å². The molecule has 18 heavy (non-hydrogen) atoms. The van der Waals surface area contributed by atoms with Gasteiger partial charge in [0.15, 0.2) is 6.10 Å². The zero-order chi connectivity index (χ0) is 13.9. The van der Waals surface area contributed by atoms with Crippen LogP contribution in [0, 0.1) is 11.2 Å². The molecule has 1 unspecified atom stereocenters. The molecule has 0 saturated carbocycles. The van der Waals surface area contributed by atoms with Crippen molar-refractivity contribution < 1.29 is 22.3 Å². The van der Waals surface area contributed by atoms with Crippen molar-refractivity contribution in [3.05, 3.63) is 35.1 Å². The van der Waals surface area contributed by atoms with E-state index in [0.29, 0.717) is 0 Å². The van der Waals surface area contributed by atoms with E-state index in [1.165, 1.54) is 18.2 Å². The van der Waals surface area contributed by atoms with Crippen molar-refractivity contribution in [3.8, 4) is 0 Å². The smallest absolute Gasteiger partial charge is 0.384 e. The molecule has 0 saturated heterocycles. The van der Waals surface area contributed by atoms with Gasteiger partial charge in [0.25, 0.3) is 0 Å². The lowest BCUT2D eigenvalue weighted by molar-refractivity contribution is -0.217. The van der Waals surface area contributed by atoms with Gasteiger partial charge in [-0.3, -0.25) is 5.41 Å². The van der Waals surface area contributed by atoms with E-state index in [1.54, 1.807) is 0 Å². The number of rotatable bonds is 4. The summed E-state index contributed by atoms with van der Waals surface area (Å²) in [4.78, 5) is 0. The van der Waals surface area contributed by atoms with Crippen LogP contribution < -0.4 is 5.73 Å². The van der Waals surface area contributed by atoms with Gasteiger partial charge >= 0.3 is 6.18 Å². The summed E-state index contributed by atoms with van der Waals surface area (Å²) in [5, 5.41) is 7.11. The van der Waals surface area contributed by atoms with Gasteiger partial charge in [0, 0.05) is 5.56 Å². The molecule has 0 aromatic heterocycles. The Bertz CT molecular complexity index is 445. The molecule has 7 heteroatoms. The largest absolute Gasteiger partial charge is 0.414 e. The number of ether oxygens (including phenoxy) is 1. The van der Waals surface area contributed by atoms with Crippen molar-refractivity contribution in [2.45, 2.75) is 25.8 Å². The Kier molecular flexibility index (Phi) is 4.28. The van der Waals surface area contributed by atoms with Crippen LogP contribution >= 0.6 is 0 Å². The zero-order valence-corrected chi connectivity index (χ0v) is 9.51. The predicted molar refractivity (Wildman–Crippen MR) is 57.7 cm³/mol. The van der Waals surface area contributed by atoms with Crippen LogP contribution in [0.15, 0.2) is 18.2 Å². The SMILES string of the molecule is CC(OCc1cccc(C(=N)N)c1F)C(F)(F)F. The molecule has 1 atom stereocenters. The lowest BCUT2D eigenvalue weighted by Gasteiger charge is -2.17. The molecule has 0 aliphatic rings. The average molecular weight is 264 g/mol. The lowest BCUT2D eigenvalue weighted by Crippen LogP contribution is -2.28. The summed E-state index contributed by atoms with van der Waals surface area (Å²) in [5.74, 6) is -1.32. The number of nitrogens with two attached hydrogens (primary N) is 1. The molecular weight excluding hydrogens is 252 g/mol. The van der Waals surface area contributed by atoms with Gasteiger partial charge in [0.2, 0.25) is 0 Å². The van der Waals surface area contributed by atoms with E-state index >= 15 is 0 Å². The maximum Gasteiger partial charge on any atom is 0.414 e. The van der Waals surface area contributed by atoms with Crippen LogP contribution in [-0.2, 0) is 11.3 Å². The molecule has 0 aliphatic heterocycles. The van der Waals surface area contributed by atoms with Crippen molar-refractivity contribution in [1.82, 2.24) is 0 Å². The Morgan fingerprint density at radius 2 is 2.06 bits per heavy atom. The third kappa shape index (κ3) is 3.43. The van der Waals surface area contributed by atoms with Crippen LogP contribution in [0.1, 0.15) is 18.1 Å². The fraction of sp³-hybridized carbons (Fsp3) is 0.364. The summed E-state index contributed by atoms with van der Waals surface area (Å²) in [7, 11) is 0. The lowest BCUT2D eigenvalue weighted by atomic mass is 10.1. The molecule has 1 aromatic carbocycles. The molecule has 0 amide bonds. The molecule has 0 fully saturated rings. The van der Waals surface area contributed by atoms with E-state index in [0.717, 1.165) is 6.92 Å². The molecule has 0 bridgehead atoms. The third-order valence-corrected chi connectivity index (χ3v) is 2.32. The van der Waals surface area contributed by atoms with Crippen molar-refractivity contribution in [2.24, 2.45) is 5.73 Å². The molecule has 0 radical (unpaired) electrons. The highest BCUT2D eigenvalue weighted by Crippen LogP contribution is 2.24. The molecule has 0 heterocycles. The second kappa shape index (κ2) is 5.34.